The second-order valence-corrected chi connectivity index (χ2v) is 4.91. The summed E-state index contributed by atoms with van der Waals surface area (Å²) in [5, 5.41) is 2.34. The fourth-order valence-electron chi connectivity index (χ4n) is 1.38. The van der Waals surface area contributed by atoms with Gasteiger partial charge in [0.2, 0.25) is 5.91 Å². The van der Waals surface area contributed by atoms with Crippen molar-refractivity contribution < 1.29 is 22.7 Å². The van der Waals surface area contributed by atoms with Gasteiger partial charge in [0.15, 0.2) is 5.75 Å². The van der Waals surface area contributed by atoms with Crippen molar-refractivity contribution in [1.29, 1.82) is 0 Å². The van der Waals surface area contributed by atoms with Crippen LogP contribution in [0, 0.1) is 0 Å². The van der Waals surface area contributed by atoms with E-state index in [2.05, 4.69) is 10.1 Å². The topological polar surface area (TPSA) is 64.4 Å². The van der Waals surface area contributed by atoms with E-state index < -0.39 is 24.1 Å². The van der Waals surface area contributed by atoms with Crippen molar-refractivity contribution in [2.45, 2.75) is 18.8 Å². The lowest BCUT2D eigenvalue weighted by atomic mass is 10.2. The van der Waals surface area contributed by atoms with Crippen LogP contribution >= 0.6 is 11.8 Å². The number of para-hydroxylation sites is 2. The first-order chi connectivity index (χ1) is 9.33. The van der Waals surface area contributed by atoms with E-state index in [1.54, 1.807) is 0 Å². The van der Waals surface area contributed by atoms with Gasteiger partial charge in [-0.3, -0.25) is 4.79 Å². The molecule has 3 N–H and O–H groups in total. The molecule has 4 nitrogen and oxygen atoms in total. The van der Waals surface area contributed by atoms with Crippen molar-refractivity contribution in [2.75, 3.05) is 17.3 Å². The molecule has 1 aromatic carbocycles. The quantitative estimate of drug-likeness (QED) is 0.848. The van der Waals surface area contributed by atoms with Crippen LogP contribution in [0.3, 0.4) is 0 Å². The van der Waals surface area contributed by atoms with E-state index in [-0.39, 0.29) is 5.69 Å². The number of nitrogens with one attached hydrogen (secondary N) is 1. The first-order valence-corrected chi connectivity index (χ1v) is 7.13. The zero-order valence-electron chi connectivity index (χ0n) is 10.7. The highest BCUT2D eigenvalue weighted by Crippen LogP contribution is 2.29. The Hall–Kier alpha value is -1.41. The fraction of sp³-hybridized carbons (Fsp3) is 0.417. The lowest BCUT2D eigenvalue weighted by molar-refractivity contribution is -0.274. The van der Waals surface area contributed by atoms with Gasteiger partial charge in [-0.2, -0.15) is 11.8 Å². The molecule has 0 unspecified atom stereocenters. The van der Waals surface area contributed by atoms with Gasteiger partial charge >= 0.3 is 6.36 Å². The van der Waals surface area contributed by atoms with Crippen LogP contribution in [0.25, 0.3) is 0 Å². The van der Waals surface area contributed by atoms with Gasteiger partial charge in [0.25, 0.3) is 0 Å². The highest BCUT2D eigenvalue weighted by Gasteiger charge is 2.32. The molecule has 0 saturated heterocycles. The summed E-state index contributed by atoms with van der Waals surface area (Å²) >= 11 is 1.53. The van der Waals surface area contributed by atoms with Gasteiger partial charge < -0.3 is 15.8 Å². The fourth-order valence-corrected chi connectivity index (χ4v) is 1.87. The summed E-state index contributed by atoms with van der Waals surface area (Å²) in [5.41, 5.74) is 5.58. The molecule has 1 aromatic rings. The maximum atomic E-state index is 12.2. The summed E-state index contributed by atoms with van der Waals surface area (Å²) in [4.78, 5) is 11.8. The van der Waals surface area contributed by atoms with Crippen LogP contribution in [0.1, 0.15) is 6.42 Å². The van der Waals surface area contributed by atoms with Crippen molar-refractivity contribution in [3.05, 3.63) is 24.3 Å². The smallest absolute Gasteiger partial charge is 0.404 e. The number of anilines is 1. The van der Waals surface area contributed by atoms with E-state index in [4.69, 9.17) is 5.73 Å². The van der Waals surface area contributed by atoms with Crippen LogP contribution in [0.4, 0.5) is 18.9 Å². The Morgan fingerprint density at radius 2 is 2.10 bits per heavy atom. The van der Waals surface area contributed by atoms with Crippen molar-refractivity contribution in [1.82, 2.24) is 0 Å². The van der Waals surface area contributed by atoms with Crippen LogP contribution in [-0.2, 0) is 4.79 Å². The van der Waals surface area contributed by atoms with E-state index in [1.165, 1.54) is 30.0 Å². The molecule has 1 amide bonds. The van der Waals surface area contributed by atoms with Gasteiger partial charge in [0.05, 0.1) is 11.7 Å². The van der Waals surface area contributed by atoms with Gasteiger partial charge in [0.1, 0.15) is 0 Å². The number of alkyl halides is 3. The van der Waals surface area contributed by atoms with Crippen LogP contribution < -0.4 is 15.8 Å². The minimum Gasteiger partial charge on any atom is -0.404 e. The summed E-state index contributed by atoms with van der Waals surface area (Å²) in [6, 6.07) is 4.54. The first-order valence-electron chi connectivity index (χ1n) is 5.73. The summed E-state index contributed by atoms with van der Waals surface area (Å²) in [5.74, 6) is -0.322. The Morgan fingerprint density at radius 3 is 2.70 bits per heavy atom. The molecule has 0 saturated carbocycles. The second-order valence-electron chi connectivity index (χ2n) is 3.92. The highest BCUT2D eigenvalue weighted by molar-refractivity contribution is 7.98. The maximum Gasteiger partial charge on any atom is 0.573 e. The molecule has 0 aliphatic heterocycles. The number of hydrogen-bond donors (Lipinski definition) is 2. The van der Waals surface area contributed by atoms with Gasteiger partial charge in [0, 0.05) is 0 Å². The number of hydrogen-bond acceptors (Lipinski definition) is 4. The number of benzene rings is 1. The highest BCUT2D eigenvalue weighted by atomic mass is 32.2. The molecule has 0 spiro atoms. The minimum absolute atomic E-state index is 0.0607. The van der Waals surface area contributed by atoms with Crippen LogP contribution in [-0.4, -0.2) is 30.3 Å². The average molecular weight is 308 g/mol. The van der Waals surface area contributed by atoms with Crippen LogP contribution in [0.5, 0.6) is 5.75 Å². The van der Waals surface area contributed by atoms with E-state index in [9.17, 15) is 18.0 Å². The molecule has 0 aliphatic rings. The molecule has 1 atom stereocenters. The molecule has 8 heteroatoms. The molecule has 20 heavy (non-hydrogen) atoms. The molecule has 0 heterocycles. The third-order valence-corrected chi connectivity index (χ3v) is 2.98. The number of amides is 1. The molecular weight excluding hydrogens is 293 g/mol. The van der Waals surface area contributed by atoms with Gasteiger partial charge in [-0.15, -0.1) is 13.2 Å². The Balaban J connectivity index is 2.74. The zero-order valence-corrected chi connectivity index (χ0v) is 11.6. The van der Waals surface area contributed by atoms with Crippen LogP contribution in [0.2, 0.25) is 0 Å². The zero-order chi connectivity index (χ0) is 15.2. The number of thioether (sulfide) groups is 1. The van der Waals surface area contributed by atoms with Crippen molar-refractivity contribution in [3.8, 4) is 5.75 Å². The van der Waals surface area contributed by atoms with E-state index in [0.717, 1.165) is 6.07 Å². The molecule has 1 rings (SSSR count). The number of carbonyl (C=O) groups excluding carboxylic acids is 1. The molecule has 0 aliphatic carbocycles. The Labute approximate surface area is 118 Å². The maximum absolute atomic E-state index is 12.2. The Morgan fingerprint density at radius 1 is 1.45 bits per heavy atom. The Bertz CT molecular complexity index is 455. The number of rotatable bonds is 6. The van der Waals surface area contributed by atoms with E-state index >= 15 is 0 Å². The number of ether oxygens (including phenoxy) is 1. The third-order valence-electron chi connectivity index (χ3n) is 2.34. The first kappa shape index (κ1) is 16.6. The largest absolute Gasteiger partial charge is 0.573 e. The van der Waals surface area contributed by atoms with Gasteiger partial charge in [-0.1, -0.05) is 12.1 Å². The SMILES string of the molecule is CSCC[C@H](N)C(=O)Nc1ccccc1OC(F)(F)F. The Kier molecular flexibility index (Phi) is 6.15. The van der Waals surface area contributed by atoms with Gasteiger partial charge in [-0.05, 0) is 30.6 Å². The molecular formula is C12H15F3N2O2S. The lowest BCUT2D eigenvalue weighted by Gasteiger charge is -2.16. The second kappa shape index (κ2) is 7.39. The van der Waals surface area contributed by atoms with E-state index in [0.29, 0.717) is 12.2 Å². The molecule has 0 radical (unpaired) electrons. The van der Waals surface area contributed by atoms with Crippen LogP contribution in [0.15, 0.2) is 24.3 Å². The molecule has 0 fully saturated rings. The number of halogens is 3. The predicted octanol–water partition coefficient (Wildman–Crippen LogP) is 2.60. The van der Waals surface area contributed by atoms with Crippen molar-refractivity contribution in [3.63, 3.8) is 0 Å². The standard InChI is InChI=1S/C12H15F3N2O2S/c1-20-7-6-8(16)11(18)17-9-4-2-3-5-10(9)19-12(13,14)15/h2-5,8H,6-7,16H2,1H3,(H,17,18)/t8-/m0/s1. The third kappa shape index (κ3) is 5.70. The number of nitrogens with two attached hydrogens (primary N) is 1. The van der Waals surface area contributed by atoms with Crippen molar-refractivity contribution in [2.24, 2.45) is 5.73 Å². The van der Waals surface area contributed by atoms with Gasteiger partial charge in [-0.25, -0.2) is 0 Å². The van der Waals surface area contributed by atoms with Crippen molar-refractivity contribution >= 4 is 23.4 Å². The summed E-state index contributed by atoms with van der Waals surface area (Å²) in [6.07, 6.45) is -2.51. The average Bonchev–Trinajstić information content (AvgIpc) is 2.36. The lowest BCUT2D eigenvalue weighted by Crippen LogP contribution is -2.36. The summed E-state index contributed by atoms with van der Waals surface area (Å²) < 4.78 is 40.5. The number of carbonyl (C=O) groups is 1. The van der Waals surface area contributed by atoms with E-state index in [1.807, 2.05) is 6.26 Å². The minimum atomic E-state index is -4.82. The normalized spacial score (nSPS) is 12.8. The molecule has 0 bridgehead atoms. The summed E-state index contributed by atoms with van der Waals surface area (Å²) in [6.45, 7) is 0. The summed E-state index contributed by atoms with van der Waals surface area (Å²) in [7, 11) is 0. The molecule has 0 aromatic heterocycles. The monoisotopic (exact) mass is 308 g/mol. The predicted molar refractivity (Wildman–Crippen MR) is 72.7 cm³/mol. The molecule has 112 valence electrons.